The Labute approximate surface area is 112 Å². The first kappa shape index (κ1) is 14.0. The molecular weight excluding hydrogens is 284 g/mol. The molecule has 0 heterocycles. The van der Waals surface area contributed by atoms with E-state index in [0.29, 0.717) is 10.8 Å². The Morgan fingerprint density at radius 3 is 1.79 bits per heavy atom. The highest BCUT2D eigenvalue weighted by molar-refractivity contribution is 7.91. The van der Waals surface area contributed by atoms with Crippen molar-refractivity contribution in [3.05, 3.63) is 36.4 Å². The van der Waals surface area contributed by atoms with Crippen LogP contribution in [-0.2, 0) is 19.7 Å². The van der Waals surface area contributed by atoms with Gasteiger partial charge >= 0.3 is 0 Å². The van der Waals surface area contributed by atoms with Crippen LogP contribution in [0.15, 0.2) is 46.2 Å². The van der Waals surface area contributed by atoms with Gasteiger partial charge in [-0.1, -0.05) is 19.1 Å². The van der Waals surface area contributed by atoms with E-state index < -0.39 is 19.7 Å². The lowest BCUT2D eigenvalue weighted by molar-refractivity contribution is 0.596. The molecule has 2 rings (SSSR count). The average molecular weight is 298 g/mol. The van der Waals surface area contributed by atoms with E-state index in [-0.39, 0.29) is 15.5 Å². The van der Waals surface area contributed by atoms with Gasteiger partial charge in [-0.2, -0.15) is 0 Å². The molecule has 0 saturated carbocycles. The second-order valence-electron chi connectivity index (χ2n) is 4.35. The Hall–Kier alpha value is -1.40. The van der Waals surface area contributed by atoms with Crippen LogP contribution in [-0.4, -0.2) is 28.8 Å². The minimum absolute atomic E-state index is 0.0416. The quantitative estimate of drug-likeness (QED) is 0.869. The maximum Gasteiger partial charge on any atom is 0.178 e. The van der Waals surface area contributed by atoms with Crippen molar-refractivity contribution < 1.29 is 16.8 Å². The second kappa shape index (κ2) is 4.61. The van der Waals surface area contributed by atoms with Gasteiger partial charge in [0.05, 0.1) is 15.5 Å². The molecule has 0 aromatic heterocycles. The molecule has 0 bridgehead atoms. The van der Waals surface area contributed by atoms with Gasteiger partial charge < -0.3 is 0 Å². The molecule has 0 amide bonds. The van der Waals surface area contributed by atoms with Crippen LogP contribution in [0, 0.1) is 0 Å². The topological polar surface area (TPSA) is 68.3 Å². The van der Waals surface area contributed by atoms with Gasteiger partial charge in [0, 0.05) is 6.26 Å². The summed E-state index contributed by atoms with van der Waals surface area (Å²) in [5.41, 5.74) is 0. The van der Waals surface area contributed by atoms with Crippen LogP contribution in [0.5, 0.6) is 0 Å². The third kappa shape index (κ3) is 2.79. The first-order valence-electron chi connectivity index (χ1n) is 5.71. The molecule has 0 unspecified atom stereocenters. The summed E-state index contributed by atoms with van der Waals surface area (Å²) in [5, 5.41) is 1.42. The van der Waals surface area contributed by atoms with Gasteiger partial charge in [-0.15, -0.1) is 0 Å². The van der Waals surface area contributed by atoms with Crippen molar-refractivity contribution in [3.8, 4) is 0 Å². The van der Waals surface area contributed by atoms with Gasteiger partial charge in [-0.05, 0) is 35.0 Å². The zero-order valence-corrected chi connectivity index (χ0v) is 12.3. The summed E-state index contributed by atoms with van der Waals surface area (Å²) in [6, 6.07) is 9.37. The molecule has 19 heavy (non-hydrogen) atoms. The lowest BCUT2D eigenvalue weighted by atomic mass is 10.1. The summed E-state index contributed by atoms with van der Waals surface area (Å²) in [7, 11) is -6.50. The smallest absolute Gasteiger partial charge is 0.178 e. The molecular formula is C13H14O4S2. The van der Waals surface area contributed by atoms with Crippen molar-refractivity contribution in [1.82, 2.24) is 0 Å². The third-order valence-corrected chi connectivity index (χ3v) is 5.79. The molecule has 102 valence electrons. The average Bonchev–Trinajstić information content (AvgIpc) is 2.36. The van der Waals surface area contributed by atoms with Crippen LogP contribution < -0.4 is 0 Å². The third-order valence-electron chi connectivity index (χ3n) is 2.95. The molecule has 0 aliphatic heterocycles. The highest BCUT2D eigenvalue weighted by Crippen LogP contribution is 2.23. The summed E-state index contributed by atoms with van der Waals surface area (Å²) in [4.78, 5) is 0.487. The predicted molar refractivity (Wildman–Crippen MR) is 74.8 cm³/mol. The van der Waals surface area contributed by atoms with Crippen molar-refractivity contribution in [2.24, 2.45) is 0 Å². The van der Waals surface area contributed by atoms with E-state index in [2.05, 4.69) is 0 Å². The molecule has 2 aromatic carbocycles. The van der Waals surface area contributed by atoms with E-state index in [4.69, 9.17) is 0 Å². The highest BCUT2D eigenvalue weighted by atomic mass is 32.2. The fourth-order valence-corrected chi connectivity index (χ4v) is 3.36. The normalized spacial score (nSPS) is 12.7. The van der Waals surface area contributed by atoms with E-state index in [0.717, 1.165) is 6.26 Å². The minimum atomic E-state index is -3.26. The Kier molecular flexibility index (Phi) is 3.40. The van der Waals surface area contributed by atoms with Gasteiger partial charge in [0.25, 0.3) is 0 Å². The maximum absolute atomic E-state index is 11.8. The number of benzene rings is 2. The van der Waals surface area contributed by atoms with Crippen LogP contribution in [0.3, 0.4) is 0 Å². The zero-order chi connectivity index (χ0) is 14.3. The molecule has 0 saturated heterocycles. The van der Waals surface area contributed by atoms with E-state index in [1.54, 1.807) is 31.2 Å². The first-order chi connectivity index (χ1) is 8.74. The number of fused-ring (bicyclic) bond motifs is 1. The summed E-state index contributed by atoms with van der Waals surface area (Å²) in [5.74, 6) is 0.0416. The number of hydrogen-bond acceptors (Lipinski definition) is 4. The predicted octanol–water partition coefficient (Wildman–Crippen LogP) is 2.04. The second-order valence-corrected chi connectivity index (χ2v) is 8.64. The Balaban J connectivity index is 2.66. The maximum atomic E-state index is 11.8. The molecule has 2 aromatic rings. The fourth-order valence-electron chi connectivity index (χ4n) is 1.79. The molecule has 0 fully saturated rings. The molecule has 6 heteroatoms. The van der Waals surface area contributed by atoms with E-state index in [1.165, 1.54) is 12.1 Å². The van der Waals surface area contributed by atoms with Gasteiger partial charge in [0.15, 0.2) is 19.7 Å². The molecule has 0 aliphatic rings. The van der Waals surface area contributed by atoms with Gasteiger partial charge in [-0.3, -0.25) is 0 Å². The van der Waals surface area contributed by atoms with E-state index in [9.17, 15) is 16.8 Å². The molecule has 0 aliphatic carbocycles. The first-order valence-corrected chi connectivity index (χ1v) is 9.25. The molecule has 0 N–H and O–H groups in total. The number of rotatable bonds is 3. The van der Waals surface area contributed by atoms with Crippen LogP contribution in [0.4, 0.5) is 0 Å². The summed E-state index contributed by atoms with van der Waals surface area (Å²) >= 11 is 0. The van der Waals surface area contributed by atoms with Crippen molar-refractivity contribution >= 4 is 30.4 Å². The minimum Gasteiger partial charge on any atom is -0.224 e. The van der Waals surface area contributed by atoms with Gasteiger partial charge in [0.2, 0.25) is 0 Å². The van der Waals surface area contributed by atoms with Gasteiger partial charge in [-0.25, -0.2) is 16.8 Å². The Morgan fingerprint density at radius 1 is 0.842 bits per heavy atom. The SMILES string of the molecule is CCS(=O)(=O)c1ccc2cc(S(C)(=O)=O)ccc2c1. The Morgan fingerprint density at radius 2 is 1.32 bits per heavy atom. The van der Waals surface area contributed by atoms with Gasteiger partial charge in [0.1, 0.15) is 0 Å². The van der Waals surface area contributed by atoms with Crippen LogP contribution >= 0.6 is 0 Å². The lowest BCUT2D eigenvalue weighted by Gasteiger charge is -2.05. The van der Waals surface area contributed by atoms with Crippen molar-refractivity contribution in [2.75, 3.05) is 12.0 Å². The van der Waals surface area contributed by atoms with E-state index in [1.807, 2.05) is 0 Å². The monoisotopic (exact) mass is 298 g/mol. The van der Waals surface area contributed by atoms with Crippen molar-refractivity contribution in [3.63, 3.8) is 0 Å². The number of sulfone groups is 2. The molecule has 0 radical (unpaired) electrons. The Bertz CT molecular complexity index is 834. The van der Waals surface area contributed by atoms with Crippen LogP contribution in [0.1, 0.15) is 6.92 Å². The van der Waals surface area contributed by atoms with Crippen molar-refractivity contribution in [1.29, 1.82) is 0 Å². The molecule has 4 nitrogen and oxygen atoms in total. The van der Waals surface area contributed by atoms with Crippen LogP contribution in [0.2, 0.25) is 0 Å². The van der Waals surface area contributed by atoms with Crippen LogP contribution in [0.25, 0.3) is 10.8 Å². The summed E-state index contributed by atoms with van der Waals surface area (Å²) < 4.78 is 46.5. The standard InChI is InChI=1S/C13H14O4S2/c1-3-19(16,17)13-7-5-10-8-12(18(2,14)15)6-4-11(10)9-13/h4-9H,3H2,1-2H3. The fraction of sp³-hybridized carbons (Fsp3) is 0.231. The molecule has 0 atom stereocenters. The number of hydrogen-bond donors (Lipinski definition) is 0. The summed E-state index contributed by atoms with van der Waals surface area (Å²) in [6.07, 6.45) is 1.14. The largest absolute Gasteiger partial charge is 0.224 e. The van der Waals surface area contributed by atoms with Crippen molar-refractivity contribution in [2.45, 2.75) is 16.7 Å². The zero-order valence-electron chi connectivity index (χ0n) is 10.6. The lowest BCUT2D eigenvalue weighted by Crippen LogP contribution is -2.03. The van der Waals surface area contributed by atoms with E-state index >= 15 is 0 Å². The molecule has 0 spiro atoms. The highest BCUT2D eigenvalue weighted by Gasteiger charge is 2.13. The summed E-state index contributed by atoms with van der Waals surface area (Å²) in [6.45, 7) is 1.59.